The van der Waals surface area contributed by atoms with E-state index < -0.39 is 0 Å². The number of rotatable bonds is 6. The number of aromatic nitrogens is 3. The number of benzene rings is 1. The smallest absolute Gasteiger partial charge is 0.276 e. The van der Waals surface area contributed by atoms with Gasteiger partial charge in [-0.2, -0.15) is 4.98 Å². The van der Waals surface area contributed by atoms with E-state index in [1.807, 2.05) is 18.2 Å². The molecule has 0 radical (unpaired) electrons. The third kappa shape index (κ3) is 6.31. The number of aliphatic imine (C=N–C) groups is 1. The maximum absolute atomic E-state index is 5.25. The molecule has 2 N–H and O–H groups in total. The molecule has 0 aliphatic rings. The van der Waals surface area contributed by atoms with Crippen LogP contribution in [0.1, 0.15) is 17.0 Å². The Hall–Kier alpha value is -2.49. The standard InChI is InChI=1S/C19H22N6O.HI/c1-14-6-8-15(9-7-14)13-23-19(20-2)22-12-10-17-24-18(26-25-17)16-5-3-4-11-21-16;/h3-9,11H,10,12-13H2,1-2H3,(H2,20,22,23);1H. The topological polar surface area (TPSA) is 88.2 Å². The first-order chi connectivity index (χ1) is 12.7. The van der Waals surface area contributed by atoms with Gasteiger partial charge in [-0.25, -0.2) is 0 Å². The summed E-state index contributed by atoms with van der Waals surface area (Å²) in [6.45, 7) is 3.44. The van der Waals surface area contributed by atoms with E-state index in [-0.39, 0.29) is 24.0 Å². The van der Waals surface area contributed by atoms with Crippen LogP contribution >= 0.6 is 24.0 Å². The number of nitrogens with one attached hydrogen (secondary N) is 2. The SMILES string of the molecule is CN=C(NCCc1noc(-c2ccccn2)n1)NCc1ccc(C)cc1.I. The molecule has 3 aromatic rings. The van der Waals surface area contributed by atoms with Crippen LogP contribution in [0.5, 0.6) is 0 Å². The molecule has 0 aliphatic heterocycles. The Bertz CT molecular complexity index is 848. The van der Waals surface area contributed by atoms with Crippen molar-refractivity contribution in [2.75, 3.05) is 13.6 Å². The van der Waals surface area contributed by atoms with Crippen LogP contribution in [-0.2, 0) is 13.0 Å². The van der Waals surface area contributed by atoms with E-state index in [0.29, 0.717) is 36.9 Å². The summed E-state index contributed by atoms with van der Waals surface area (Å²) in [6.07, 6.45) is 2.33. The zero-order valence-electron chi connectivity index (χ0n) is 15.3. The maximum Gasteiger partial charge on any atom is 0.276 e. The molecule has 0 atom stereocenters. The Kier molecular flexibility index (Phi) is 8.18. The summed E-state index contributed by atoms with van der Waals surface area (Å²) in [4.78, 5) is 12.8. The van der Waals surface area contributed by atoms with Gasteiger partial charge in [0, 0.05) is 32.8 Å². The molecule has 0 fully saturated rings. The Labute approximate surface area is 175 Å². The van der Waals surface area contributed by atoms with E-state index in [9.17, 15) is 0 Å². The Morgan fingerprint density at radius 3 is 2.63 bits per heavy atom. The maximum atomic E-state index is 5.25. The predicted octanol–water partition coefficient (Wildman–Crippen LogP) is 2.97. The van der Waals surface area contributed by atoms with Crippen molar-refractivity contribution in [2.24, 2.45) is 4.99 Å². The molecule has 27 heavy (non-hydrogen) atoms. The van der Waals surface area contributed by atoms with Gasteiger partial charge in [-0.15, -0.1) is 24.0 Å². The minimum Gasteiger partial charge on any atom is -0.356 e. The molecule has 0 unspecified atom stereocenters. The number of pyridine rings is 1. The second-order valence-corrected chi connectivity index (χ2v) is 5.82. The molecular weight excluding hydrogens is 455 g/mol. The average molecular weight is 478 g/mol. The van der Waals surface area contributed by atoms with Crippen LogP contribution in [0.4, 0.5) is 0 Å². The van der Waals surface area contributed by atoms with Crippen LogP contribution < -0.4 is 10.6 Å². The van der Waals surface area contributed by atoms with Crippen molar-refractivity contribution in [2.45, 2.75) is 19.9 Å². The van der Waals surface area contributed by atoms with Crippen LogP contribution in [0.3, 0.4) is 0 Å². The fourth-order valence-electron chi connectivity index (χ4n) is 2.35. The lowest BCUT2D eigenvalue weighted by Crippen LogP contribution is -2.37. The first-order valence-electron chi connectivity index (χ1n) is 8.48. The minimum atomic E-state index is 0. The Morgan fingerprint density at radius 2 is 1.93 bits per heavy atom. The zero-order valence-corrected chi connectivity index (χ0v) is 17.7. The molecule has 0 bridgehead atoms. The van der Waals surface area contributed by atoms with E-state index >= 15 is 0 Å². The van der Waals surface area contributed by atoms with Crippen LogP contribution in [0.25, 0.3) is 11.6 Å². The molecule has 142 valence electrons. The molecule has 2 aromatic heterocycles. The highest BCUT2D eigenvalue weighted by molar-refractivity contribution is 14.0. The zero-order chi connectivity index (χ0) is 18.2. The summed E-state index contributed by atoms with van der Waals surface area (Å²) in [5.74, 6) is 1.80. The van der Waals surface area contributed by atoms with Gasteiger partial charge in [-0.05, 0) is 24.6 Å². The number of guanidine groups is 1. The molecular formula is C19H23IN6O. The fourth-order valence-corrected chi connectivity index (χ4v) is 2.35. The molecule has 3 rings (SSSR count). The van der Waals surface area contributed by atoms with Crippen LogP contribution in [0.2, 0.25) is 0 Å². The molecule has 0 saturated carbocycles. The second kappa shape index (κ2) is 10.6. The number of halogens is 1. The predicted molar refractivity (Wildman–Crippen MR) is 116 cm³/mol. The minimum absolute atomic E-state index is 0. The molecule has 0 amide bonds. The first-order valence-corrected chi connectivity index (χ1v) is 8.48. The van der Waals surface area contributed by atoms with E-state index in [1.54, 1.807) is 13.2 Å². The summed E-state index contributed by atoms with van der Waals surface area (Å²) in [5, 5.41) is 10.5. The molecule has 8 heteroatoms. The van der Waals surface area contributed by atoms with Gasteiger partial charge < -0.3 is 15.2 Å². The largest absolute Gasteiger partial charge is 0.356 e. The van der Waals surface area contributed by atoms with E-state index in [1.165, 1.54) is 11.1 Å². The van der Waals surface area contributed by atoms with Gasteiger partial charge in [0.05, 0.1) is 0 Å². The summed E-state index contributed by atoms with van der Waals surface area (Å²) in [5.41, 5.74) is 3.13. The van der Waals surface area contributed by atoms with Gasteiger partial charge in [0.15, 0.2) is 11.8 Å². The molecule has 1 aromatic carbocycles. The quantitative estimate of drug-likeness (QED) is 0.322. The monoisotopic (exact) mass is 478 g/mol. The normalized spacial score (nSPS) is 11.0. The number of nitrogens with zero attached hydrogens (tertiary/aromatic N) is 4. The molecule has 0 spiro atoms. The van der Waals surface area contributed by atoms with Crippen molar-refractivity contribution in [3.8, 4) is 11.6 Å². The van der Waals surface area contributed by atoms with E-state index in [4.69, 9.17) is 4.52 Å². The molecule has 0 saturated heterocycles. The van der Waals surface area contributed by atoms with E-state index in [2.05, 4.69) is 61.9 Å². The Morgan fingerprint density at radius 1 is 1.11 bits per heavy atom. The van der Waals surface area contributed by atoms with Crippen LogP contribution in [0, 0.1) is 6.92 Å². The van der Waals surface area contributed by atoms with Crippen LogP contribution in [-0.4, -0.2) is 34.7 Å². The average Bonchev–Trinajstić information content (AvgIpc) is 3.15. The van der Waals surface area contributed by atoms with Crippen molar-refractivity contribution in [1.29, 1.82) is 0 Å². The lowest BCUT2D eigenvalue weighted by Gasteiger charge is -2.11. The highest BCUT2D eigenvalue weighted by atomic mass is 127. The van der Waals surface area contributed by atoms with Gasteiger partial charge in [-0.3, -0.25) is 9.98 Å². The third-order valence-electron chi connectivity index (χ3n) is 3.80. The third-order valence-corrected chi connectivity index (χ3v) is 3.80. The lowest BCUT2D eigenvalue weighted by molar-refractivity contribution is 0.421. The highest BCUT2D eigenvalue weighted by Crippen LogP contribution is 2.13. The molecule has 7 nitrogen and oxygen atoms in total. The summed E-state index contributed by atoms with van der Waals surface area (Å²) < 4.78 is 5.25. The highest BCUT2D eigenvalue weighted by Gasteiger charge is 2.09. The van der Waals surface area contributed by atoms with Gasteiger partial charge >= 0.3 is 0 Å². The van der Waals surface area contributed by atoms with Gasteiger partial charge in [0.2, 0.25) is 0 Å². The van der Waals surface area contributed by atoms with Crippen LogP contribution in [0.15, 0.2) is 58.2 Å². The number of aryl methyl sites for hydroxylation is 1. The lowest BCUT2D eigenvalue weighted by atomic mass is 10.1. The van der Waals surface area contributed by atoms with Crippen molar-refractivity contribution in [1.82, 2.24) is 25.8 Å². The van der Waals surface area contributed by atoms with E-state index in [0.717, 1.165) is 5.96 Å². The molecule has 0 aliphatic carbocycles. The van der Waals surface area contributed by atoms with Gasteiger partial charge in [0.25, 0.3) is 5.89 Å². The second-order valence-electron chi connectivity index (χ2n) is 5.82. The fraction of sp³-hybridized carbons (Fsp3) is 0.263. The summed E-state index contributed by atoms with van der Waals surface area (Å²) in [6, 6.07) is 14.0. The van der Waals surface area contributed by atoms with Crippen molar-refractivity contribution in [3.63, 3.8) is 0 Å². The molecule has 2 heterocycles. The van der Waals surface area contributed by atoms with Gasteiger partial charge in [-0.1, -0.05) is 41.1 Å². The number of hydrogen-bond donors (Lipinski definition) is 2. The summed E-state index contributed by atoms with van der Waals surface area (Å²) >= 11 is 0. The van der Waals surface area contributed by atoms with Crippen molar-refractivity contribution >= 4 is 29.9 Å². The van der Waals surface area contributed by atoms with Crippen molar-refractivity contribution < 1.29 is 4.52 Å². The summed E-state index contributed by atoms with van der Waals surface area (Å²) in [7, 11) is 1.75. The number of hydrogen-bond acceptors (Lipinski definition) is 5. The Balaban J connectivity index is 0.00000261. The first kappa shape index (κ1) is 20.8. The van der Waals surface area contributed by atoms with Gasteiger partial charge in [0.1, 0.15) is 5.69 Å². The van der Waals surface area contributed by atoms with Crippen molar-refractivity contribution in [3.05, 3.63) is 65.6 Å².